The molecule has 7 heteroatoms. The summed E-state index contributed by atoms with van der Waals surface area (Å²) in [6.45, 7) is 8.76. The third kappa shape index (κ3) is 5.58. The number of hydrogen-bond donors (Lipinski definition) is 1. The van der Waals surface area contributed by atoms with E-state index in [4.69, 9.17) is 11.6 Å². The van der Waals surface area contributed by atoms with Crippen molar-refractivity contribution in [3.05, 3.63) is 87.9 Å². The number of benzene rings is 3. The number of halogens is 1. The number of nitrogens with one attached hydrogen (secondary N) is 1. The smallest absolute Gasteiger partial charge is 0.254 e. The molecular weight excluding hydrogens is 494 g/mol. The van der Waals surface area contributed by atoms with Crippen molar-refractivity contribution in [2.24, 2.45) is 0 Å². The molecule has 0 spiro atoms. The number of aryl methyl sites for hydroxylation is 2. The van der Waals surface area contributed by atoms with Crippen LogP contribution in [0.2, 0.25) is 5.02 Å². The Morgan fingerprint density at radius 3 is 2.34 bits per heavy atom. The minimum absolute atomic E-state index is 0.0783. The van der Waals surface area contributed by atoms with Gasteiger partial charge in [0.1, 0.15) is 6.07 Å². The molecular formula is C31H34ClN5O. The molecule has 2 saturated heterocycles. The Balaban J connectivity index is 1.22. The quantitative estimate of drug-likeness (QED) is 0.449. The van der Waals surface area contributed by atoms with Gasteiger partial charge in [-0.15, -0.1) is 0 Å². The molecule has 0 radical (unpaired) electrons. The van der Waals surface area contributed by atoms with Crippen molar-refractivity contribution in [2.45, 2.75) is 32.7 Å². The molecule has 2 heterocycles. The van der Waals surface area contributed by atoms with Crippen LogP contribution in [0.15, 0.2) is 60.7 Å². The SMILES string of the molecule is Cc1cc(C)c(C(=O)N2CCN(c3ccccc3C#N)CC2)cc1NC1CCN(c2cccc(Cl)c2)CC1. The Hall–Kier alpha value is -3.69. The van der Waals surface area contributed by atoms with Crippen molar-refractivity contribution in [3.8, 4) is 6.07 Å². The number of carbonyl (C=O) groups excluding carboxylic acids is 1. The molecule has 38 heavy (non-hydrogen) atoms. The lowest BCUT2D eigenvalue weighted by molar-refractivity contribution is 0.0746. The van der Waals surface area contributed by atoms with E-state index in [0.717, 1.165) is 59.0 Å². The van der Waals surface area contributed by atoms with E-state index in [9.17, 15) is 10.1 Å². The number of nitriles is 1. The van der Waals surface area contributed by atoms with Crippen LogP contribution in [0.25, 0.3) is 0 Å². The van der Waals surface area contributed by atoms with Crippen LogP contribution in [-0.2, 0) is 0 Å². The lowest BCUT2D eigenvalue weighted by atomic mass is 9.99. The van der Waals surface area contributed by atoms with Gasteiger partial charge in [0.2, 0.25) is 0 Å². The summed E-state index contributed by atoms with van der Waals surface area (Å²) in [5, 5.41) is 14.0. The first-order valence-corrected chi connectivity index (χ1v) is 13.7. The first-order valence-electron chi connectivity index (χ1n) is 13.3. The van der Waals surface area contributed by atoms with E-state index in [1.165, 1.54) is 5.69 Å². The van der Waals surface area contributed by atoms with Crippen LogP contribution in [0.3, 0.4) is 0 Å². The second kappa shape index (κ2) is 11.4. The van der Waals surface area contributed by atoms with Crippen molar-refractivity contribution < 1.29 is 4.79 Å². The third-order valence-electron chi connectivity index (χ3n) is 7.76. The van der Waals surface area contributed by atoms with Crippen LogP contribution in [0.4, 0.5) is 17.1 Å². The average molecular weight is 528 g/mol. The lowest BCUT2D eigenvalue weighted by Gasteiger charge is -2.37. The first kappa shape index (κ1) is 25.9. The van der Waals surface area contributed by atoms with Crippen LogP contribution in [-0.4, -0.2) is 56.1 Å². The Morgan fingerprint density at radius 1 is 0.895 bits per heavy atom. The second-order valence-corrected chi connectivity index (χ2v) is 10.7. The molecule has 3 aromatic rings. The number of piperidine rings is 1. The average Bonchev–Trinajstić information content (AvgIpc) is 2.94. The molecule has 0 bridgehead atoms. The molecule has 2 fully saturated rings. The Labute approximate surface area is 230 Å². The van der Waals surface area contributed by atoms with Crippen LogP contribution < -0.4 is 15.1 Å². The summed E-state index contributed by atoms with van der Waals surface area (Å²) in [6.07, 6.45) is 2.05. The number of rotatable bonds is 5. The van der Waals surface area contributed by atoms with Crippen molar-refractivity contribution >= 4 is 34.6 Å². The van der Waals surface area contributed by atoms with E-state index < -0.39 is 0 Å². The highest BCUT2D eigenvalue weighted by atomic mass is 35.5. The minimum atomic E-state index is 0.0783. The normalized spacial score (nSPS) is 16.3. The van der Waals surface area contributed by atoms with E-state index >= 15 is 0 Å². The number of nitrogens with zero attached hydrogens (tertiary/aromatic N) is 4. The van der Waals surface area contributed by atoms with Crippen molar-refractivity contribution in [3.63, 3.8) is 0 Å². The van der Waals surface area contributed by atoms with Gasteiger partial charge >= 0.3 is 0 Å². The molecule has 6 nitrogen and oxygen atoms in total. The summed E-state index contributed by atoms with van der Waals surface area (Å²) in [7, 11) is 0. The fraction of sp³-hybridized carbons (Fsp3) is 0.355. The summed E-state index contributed by atoms with van der Waals surface area (Å²) >= 11 is 6.19. The van der Waals surface area contributed by atoms with Crippen LogP contribution in [0.5, 0.6) is 0 Å². The summed E-state index contributed by atoms with van der Waals surface area (Å²) in [4.78, 5) is 20.1. The fourth-order valence-corrected chi connectivity index (χ4v) is 5.76. The van der Waals surface area contributed by atoms with Crippen LogP contribution in [0, 0.1) is 25.2 Å². The third-order valence-corrected chi connectivity index (χ3v) is 8.00. The summed E-state index contributed by atoms with van der Waals surface area (Å²) < 4.78 is 0. The van der Waals surface area contributed by atoms with Gasteiger partial charge in [0.15, 0.2) is 0 Å². The van der Waals surface area contributed by atoms with Gasteiger partial charge < -0.3 is 20.0 Å². The van der Waals surface area contributed by atoms with Gasteiger partial charge in [-0.25, -0.2) is 0 Å². The molecule has 3 aromatic carbocycles. The van der Waals surface area contributed by atoms with Crippen molar-refractivity contribution in [1.82, 2.24) is 4.90 Å². The van der Waals surface area contributed by atoms with Gasteiger partial charge in [0.05, 0.1) is 11.3 Å². The molecule has 5 rings (SSSR count). The molecule has 0 atom stereocenters. The summed E-state index contributed by atoms with van der Waals surface area (Å²) in [6, 6.07) is 22.5. The van der Waals surface area contributed by atoms with E-state index in [1.807, 2.05) is 60.4 Å². The zero-order chi connectivity index (χ0) is 26.6. The maximum atomic E-state index is 13.6. The van der Waals surface area contributed by atoms with Gasteiger partial charge in [-0.2, -0.15) is 5.26 Å². The number of para-hydroxylation sites is 1. The topological polar surface area (TPSA) is 62.6 Å². The summed E-state index contributed by atoms with van der Waals surface area (Å²) in [5.41, 5.74) is 6.77. The fourth-order valence-electron chi connectivity index (χ4n) is 5.58. The number of anilines is 3. The molecule has 196 valence electrons. The second-order valence-electron chi connectivity index (χ2n) is 10.3. The maximum Gasteiger partial charge on any atom is 0.254 e. The molecule has 0 saturated carbocycles. The van der Waals surface area contributed by atoms with Gasteiger partial charge in [-0.1, -0.05) is 35.9 Å². The highest BCUT2D eigenvalue weighted by Gasteiger charge is 2.26. The zero-order valence-corrected chi connectivity index (χ0v) is 22.8. The Bertz CT molecular complexity index is 1350. The van der Waals surface area contributed by atoms with Crippen molar-refractivity contribution in [2.75, 3.05) is 54.4 Å². The molecule has 1 N–H and O–H groups in total. The molecule has 0 unspecified atom stereocenters. The zero-order valence-electron chi connectivity index (χ0n) is 22.1. The predicted molar refractivity (Wildman–Crippen MR) is 155 cm³/mol. The number of carbonyl (C=O) groups is 1. The largest absolute Gasteiger partial charge is 0.382 e. The minimum Gasteiger partial charge on any atom is -0.382 e. The molecule has 2 aliphatic heterocycles. The van der Waals surface area contributed by atoms with Gasteiger partial charge in [0, 0.05) is 67.3 Å². The molecule has 2 aliphatic rings. The van der Waals surface area contributed by atoms with Gasteiger partial charge in [-0.3, -0.25) is 4.79 Å². The number of amides is 1. The van der Waals surface area contributed by atoms with E-state index in [-0.39, 0.29) is 5.91 Å². The molecule has 1 amide bonds. The first-order chi connectivity index (χ1) is 18.4. The van der Waals surface area contributed by atoms with E-state index in [0.29, 0.717) is 37.8 Å². The van der Waals surface area contributed by atoms with Gasteiger partial charge in [-0.05, 0) is 74.2 Å². The highest BCUT2D eigenvalue weighted by Crippen LogP contribution is 2.28. The molecule has 0 aliphatic carbocycles. The lowest BCUT2D eigenvalue weighted by Crippen LogP contribution is -2.49. The van der Waals surface area contributed by atoms with E-state index in [2.05, 4.69) is 40.2 Å². The number of hydrogen-bond acceptors (Lipinski definition) is 5. The standard InChI is InChI=1S/C31H34ClN5O/c1-22-18-23(2)29(34-26-10-12-35(13-11-26)27-8-5-7-25(32)19-27)20-28(22)31(38)37-16-14-36(15-17-37)30-9-4-3-6-24(30)21-33/h3-9,18-20,26,34H,10-17H2,1-2H3. The molecule has 0 aromatic heterocycles. The summed E-state index contributed by atoms with van der Waals surface area (Å²) in [5.74, 6) is 0.0783. The Kier molecular flexibility index (Phi) is 7.76. The highest BCUT2D eigenvalue weighted by molar-refractivity contribution is 6.30. The monoisotopic (exact) mass is 527 g/mol. The maximum absolute atomic E-state index is 13.6. The van der Waals surface area contributed by atoms with Crippen molar-refractivity contribution in [1.29, 1.82) is 5.26 Å². The number of piperazine rings is 1. The van der Waals surface area contributed by atoms with E-state index in [1.54, 1.807) is 0 Å². The predicted octanol–water partition coefficient (Wildman–Crippen LogP) is 5.87. The Morgan fingerprint density at radius 2 is 1.63 bits per heavy atom. The van der Waals surface area contributed by atoms with Crippen LogP contribution in [0.1, 0.15) is 39.9 Å². The van der Waals surface area contributed by atoms with Gasteiger partial charge in [0.25, 0.3) is 5.91 Å². The van der Waals surface area contributed by atoms with Crippen LogP contribution >= 0.6 is 11.6 Å².